The number of benzene rings is 1. The predicted molar refractivity (Wildman–Crippen MR) is 100 cm³/mol. The lowest BCUT2D eigenvalue weighted by Crippen LogP contribution is -2.19. The number of aromatic amines is 1. The highest BCUT2D eigenvalue weighted by Gasteiger charge is 2.29. The van der Waals surface area contributed by atoms with Gasteiger partial charge in [0.25, 0.3) is 5.56 Å². The second kappa shape index (κ2) is 6.96. The lowest BCUT2D eigenvalue weighted by molar-refractivity contribution is -0.153. The second-order valence-corrected chi connectivity index (χ2v) is 6.66. The maximum atomic E-state index is 12.5. The zero-order chi connectivity index (χ0) is 20.8. The molecule has 0 aliphatic carbocycles. The van der Waals surface area contributed by atoms with Crippen LogP contribution in [0.1, 0.15) is 0 Å². The van der Waals surface area contributed by atoms with Gasteiger partial charge in [-0.2, -0.15) is 18.3 Å². The van der Waals surface area contributed by atoms with Gasteiger partial charge in [0, 0.05) is 31.1 Å². The molecule has 0 amide bonds. The van der Waals surface area contributed by atoms with Crippen LogP contribution in [-0.4, -0.2) is 37.2 Å². The summed E-state index contributed by atoms with van der Waals surface area (Å²) in [7, 11) is 1.76. The minimum Gasteiger partial charge on any atom is -0.483 e. The van der Waals surface area contributed by atoms with Gasteiger partial charge in [-0.15, -0.1) is 0 Å². The molecule has 0 aliphatic rings. The molecule has 1 aromatic carbocycles. The van der Waals surface area contributed by atoms with Gasteiger partial charge in [0.15, 0.2) is 12.3 Å². The molecule has 0 atom stereocenters. The topological polar surface area (TPSA) is 77.2 Å². The van der Waals surface area contributed by atoms with E-state index in [4.69, 9.17) is 16.3 Å². The molecule has 0 radical (unpaired) electrons. The van der Waals surface area contributed by atoms with E-state index in [9.17, 15) is 18.0 Å². The van der Waals surface area contributed by atoms with Crippen LogP contribution in [0, 0.1) is 0 Å². The lowest BCUT2D eigenvalue weighted by atomic mass is 10.1. The Bertz CT molecular complexity index is 1260. The summed E-state index contributed by atoms with van der Waals surface area (Å²) in [4.78, 5) is 17.0. The Morgan fingerprint density at radius 2 is 2.00 bits per heavy atom. The summed E-state index contributed by atoms with van der Waals surface area (Å²) in [5, 5.41) is 7.15. The number of ether oxygens (including phenoxy) is 1. The van der Waals surface area contributed by atoms with E-state index in [2.05, 4.69) is 15.2 Å². The summed E-state index contributed by atoms with van der Waals surface area (Å²) in [6.45, 7) is -1.48. The van der Waals surface area contributed by atoms with E-state index < -0.39 is 12.8 Å². The minimum absolute atomic E-state index is 0.0200. The molecule has 7 nitrogen and oxygen atoms in total. The highest BCUT2D eigenvalue weighted by molar-refractivity contribution is 6.32. The van der Waals surface area contributed by atoms with Gasteiger partial charge < -0.3 is 4.74 Å². The van der Waals surface area contributed by atoms with Crippen molar-refractivity contribution in [1.29, 1.82) is 0 Å². The van der Waals surface area contributed by atoms with Crippen molar-refractivity contribution in [2.75, 3.05) is 6.61 Å². The van der Waals surface area contributed by atoms with E-state index in [1.54, 1.807) is 36.3 Å². The number of H-pyrrole nitrogens is 1. The molecule has 0 unspecified atom stereocenters. The molecule has 11 heteroatoms. The number of halogens is 4. The molecule has 4 aromatic rings. The first-order valence-electron chi connectivity index (χ1n) is 8.32. The third-order valence-electron chi connectivity index (χ3n) is 4.11. The summed E-state index contributed by atoms with van der Waals surface area (Å²) in [6.07, 6.45) is -1.14. The maximum absolute atomic E-state index is 12.5. The fraction of sp³-hybridized carbons (Fsp3) is 0.167. The highest BCUT2D eigenvalue weighted by Crippen LogP contribution is 2.31. The molecule has 150 valence electrons. The summed E-state index contributed by atoms with van der Waals surface area (Å²) in [6, 6.07) is 7.30. The monoisotopic (exact) mass is 423 g/mol. The van der Waals surface area contributed by atoms with Crippen molar-refractivity contribution < 1.29 is 17.9 Å². The van der Waals surface area contributed by atoms with Gasteiger partial charge in [-0.3, -0.25) is 14.6 Å². The average molecular weight is 424 g/mol. The van der Waals surface area contributed by atoms with Crippen LogP contribution in [-0.2, 0) is 7.05 Å². The molecule has 29 heavy (non-hydrogen) atoms. The van der Waals surface area contributed by atoms with Crippen LogP contribution in [0.25, 0.3) is 28.2 Å². The Hall–Kier alpha value is -3.27. The fourth-order valence-corrected chi connectivity index (χ4v) is 2.98. The van der Waals surface area contributed by atoms with E-state index in [-0.39, 0.29) is 22.0 Å². The molecule has 0 fully saturated rings. The van der Waals surface area contributed by atoms with Crippen molar-refractivity contribution in [3.63, 3.8) is 0 Å². The first kappa shape index (κ1) is 19.1. The minimum atomic E-state index is -4.50. The van der Waals surface area contributed by atoms with Crippen molar-refractivity contribution in [2.24, 2.45) is 7.05 Å². The first-order chi connectivity index (χ1) is 13.7. The molecule has 0 saturated heterocycles. The van der Waals surface area contributed by atoms with Crippen LogP contribution in [0.4, 0.5) is 13.2 Å². The molecular weight excluding hydrogens is 411 g/mol. The second-order valence-electron chi connectivity index (χ2n) is 6.25. The Labute approximate surface area is 166 Å². The van der Waals surface area contributed by atoms with Crippen LogP contribution in [0.3, 0.4) is 0 Å². The Balaban J connectivity index is 1.79. The Kier molecular flexibility index (Phi) is 4.58. The van der Waals surface area contributed by atoms with Crippen molar-refractivity contribution in [3.05, 3.63) is 58.1 Å². The SMILES string of the molecule is Cn1ccc(-c2c[nH]n3c(=O)cc(-c4ccc(Cl)c(OCC(F)(F)F)c4)nc23)n1. The molecule has 0 aliphatic heterocycles. The third-order valence-corrected chi connectivity index (χ3v) is 4.42. The number of alkyl halides is 3. The number of rotatable bonds is 4. The van der Waals surface area contributed by atoms with Gasteiger partial charge in [0.2, 0.25) is 0 Å². The normalized spacial score (nSPS) is 11.9. The van der Waals surface area contributed by atoms with Gasteiger partial charge in [0.1, 0.15) is 5.75 Å². The van der Waals surface area contributed by atoms with Gasteiger partial charge in [0.05, 0.1) is 22.0 Å². The summed E-state index contributed by atoms with van der Waals surface area (Å²) >= 11 is 5.93. The van der Waals surface area contributed by atoms with Crippen LogP contribution < -0.4 is 10.3 Å². The highest BCUT2D eigenvalue weighted by atomic mass is 35.5. The summed E-state index contributed by atoms with van der Waals surface area (Å²) in [5.41, 5.74) is 1.81. The number of hydrogen-bond donors (Lipinski definition) is 1. The zero-order valence-electron chi connectivity index (χ0n) is 14.9. The van der Waals surface area contributed by atoms with Gasteiger partial charge in [-0.25, -0.2) is 9.50 Å². The number of aromatic nitrogens is 5. The molecule has 0 bridgehead atoms. The third kappa shape index (κ3) is 3.83. The lowest BCUT2D eigenvalue weighted by Gasteiger charge is -2.12. The Morgan fingerprint density at radius 3 is 2.69 bits per heavy atom. The van der Waals surface area contributed by atoms with E-state index >= 15 is 0 Å². The largest absolute Gasteiger partial charge is 0.483 e. The van der Waals surface area contributed by atoms with Crippen molar-refractivity contribution in [1.82, 2.24) is 24.4 Å². The zero-order valence-corrected chi connectivity index (χ0v) is 15.6. The molecule has 0 spiro atoms. The van der Waals surface area contributed by atoms with E-state index in [1.807, 2.05) is 0 Å². The number of hydrogen-bond acceptors (Lipinski definition) is 4. The van der Waals surface area contributed by atoms with Gasteiger partial charge in [-0.1, -0.05) is 17.7 Å². The van der Waals surface area contributed by atoms with E-state index in [1.165, 1.54) is 22.7 Å². The molecule has 4 rings (SSSR count). The molecule has 1 N–H and O–H groups in total. The average Bonchev–Trinajstić information content (AvgIpc) is 3.26. The quantitative estimate of drug-likeness (QED) is 0.543. The van der Waals surface area contributed by atoms with Crippen LogP contribution in [0.15, 0.2) is 47.5 Å². The molecule has 0 saturated carbocycles. The molecule has 3 aromatic heterocycles. The van der Waals surface area contributed by atoms with Crippen molar-refractivity contribution in [2.45, 2.75) is 6.18 Å². The van der Waals surface area contributed by atoms with E-state index in [0.717, 1.165) is 0 Å². The predicted octanol–water partition coefficient (Wildman–Crippen LogP) is 3.68. The number of nitrogens with one attached hydrogen (secondary N) is 1. The summed E-state index contributed by atoms with van der Waals surface area (Å²) < 4.78 is 45.0. The van der Waals surface area contributed by atoms with E-state index in [0.29, 0.717) is 22.5 Å². The maximum Gasteiger partial charge on any atom is 0.422 e. The van der Waals surface area contributed by atoms with Crippen LogP contribution in [0.5, 0.6) is 5.75 Å². The molecular formula is C18H13ClF3N5O2. The van der Waals surface area contributed by atoms with Gasteiger partial charge in [-0.05, 0) is 18.2 Å². The van der Waals surface area contributed by atoms with Crippen LogP contribution >= 0.6 is 11.6 Å². The van der Waals surface area contributed by atoms with Crippen molar-refractivity contribution >= 4 is 17.2 Å². The number of aryl methyl sites for hydroxylation is 1. The Morgan fingerprint density at radius 1 is 1.21 bits per heavy atom. The smallest absolute Gasteiger partial charge is 0.422 e. The first-order valence-corrected chi connectivity index (χ1v) is 8.70. The van der Waals surface area contributed by atoms with Crippen LogP contribution in [0.2, 0.25) is 5.02 Å². The van der Waals surface area contributed by atoms with Crippen molar-refractivity contribution in [3.8, 4) is 28.3 Å². The summed E-state index contributed by atoms with van der Waals surface area (Å²) in [5.74, 6) is -0.150. The number of fused-ring (bicyclic) bond motifs is 1. The molecule has 3 heterocycles. The van der Waals surface area contributed by atoms with Gasteiger partial charge >= 0.3 is 6.18 Å². The standard InChI is InChI=1S/C18H13ClF3N5O2/c1-26-5-4-13(25-26)11-8-23-27-16(28)7-14(24-17(11)27)10-2-3-12(19)15(6-10)29-9-18(20,21)22/h2-8,23H,9H2,1H3. The number of nitrogens with zero attached hydrogens (tertiary/aromatic N) is 4. The fourth-order valence-electron chi connectivity index (χ4n) is 2.81.